The van der Waals surface area contributed by atoms with Crippen LogP contribution in [-0.2, 0) is 16.4 Å². The molecule has 2 aromatic carbocycles. The second-order valence-corrected chi connectivity index (χ2v) is 7.74. The first-order valence-corrected chi connectivity index (χ1v) is 9.71. The summed E-state index contributed by atoms with van der Waals surface area (Å²) in [5, 5.41) is 1.03. The fourth-order valence-electron chi connectivity index (χ4n) is 2.94. The number of sulfonamides is 1. The van der Waals surface area contributed by atoms with Crippen LogP contribution in [0.15, 0.2) is 47.5 Å². The quantitative estimate of drug-likeness (QED) is 0.666. The molecule has 26 heavy (non-hydrogen) atoms. The summed E-state index contributed by atoms with van der Waals surface area (Å²) in [6, 6.07) is 10.7. The molecule has 2 N–H and O–H groups in total. The zero-order chi connectivity index (χ0) is 18.7. The summed E-state index contributed by atoms with van der Waals surface area (Å²) in [5.41, 5.74) is 2.68. The van der Waals surface area contributed by atoms with Crippen molar-refractivity contribution in [3.8, 4) is 11.5 Å². The first-order valence-electron chi connectivity index (χ1n) is 8.23. The zero-order valence-corrected chi connectivity index (χ0v) is 15.8. The summed E-state index contributed by atoms with van der Waals surface area (Å²) in [6.45, 7) is 2.06. The van der Waals surface area contributed by atoms with E-state index >= 15 is 0 Å². The average molecular weight is 374 g/mol. The minimum Gasteiger partial charge on any atom is -0.497 e. The van der Waals surface area contributed by atoms with Crippen molar-refractivity contribution in [1.29, 1.82) is 0 Å². The maximum atomic E-state index is 12.6. The summed E-state index contributed by atoms with van der Waals surface area (Å²) in [7, 11) is -0.399. The fraction of sp³-hybridized carbons (Fsp3) is 0.263. The average Bonchev–Trinajstić information content (AvgIpc) is 3.03. The Morgan fingerprint density at radius 1 is 1.04 bits per heavy atom. The lowest BCUT2D eigenvalue weighted by molar-refractivity contribution is 0.414. The van der Waals surface area contributed by atoms with Crippen molar-refractivity contribution in [2.75, 3.05) is 20.8 Å². The second-order valence-electron chi connectivity index (χ2n) is 6.00. The van der Waals surface area contributed by atoms with Crippen LogP contribution in [0.1, 0.15) is 11.1 Å². The van der Waals surface area contributed by atoms with Crippen molar-refractivity contribution in [1.82, 2.24) is 9.71 Å². The van der Waals surface area contributed by atoms with Crippen LogP contribution in [0.3, 0.4) is 0 Å². The number of nitrogens with one attached hydrogen (secondary N) is 2. The van der Waals surface area contributed by atoms with Crippen LogP contribution in [0.4, 0.5) is 0 Å². The predicted octanol–water partition coefficient (Wildman–Crippen LogP) is 3.01. The molecule has 0 aliphatic heterocycles. The van der Waals surface area contributed by atoms with Crippen molar-refractivity contribution in [3.05, 3.63) is 53.7 Å². The molecule has 0 bridgehead atoms. The highest BCUT2D eigenvalue weighted by Gasteiger charge is 2.17. The molecule has 3 aromatic rings. The van der Waals surface area contributed by atoms with Crippen LogP contribution in [0.25, 0.3) is 10.9 Å². The van der Waals surface area contributed by atoms with Gasteiger partial charge in [0.1, 0.15) is 11.5 Å². The summed E-state index contributed by atoms with van der Waals surface area (Å²) in [6.07, 6.45) is 2.47. The molecule has 0 aliphatic rings. The normalized spacial score (nSPS) is 11.7. The molecule has 0 atom stereocenters. The van der Waals surface area contributed by atoms with Crippen LogP contribution >= 0.6 is 0 Å². The fourth-order valence-corrected chi connectivity index (χ4v) is 4.20. The molecule has 1 heterocycles. The molecule has 0 radical (unpaired) electrons. The van der Waals surface area contributed by atoms with Gasteiger partial charge in [-0.05, 0) is 60.9 Å². The Kier molecular flexibility index (Phi) is 5.20. The summed E-state index contributed by atoms with van der Waals surface area (Å²) in [4.78, 5) is 3.46. The van der Waals surface area contributed by atoms with E-state index in [1.807, 2.05) is 24.4 Å². The molecule has 7 heteroatoms. The SMILES string of the molecule is COc1ccc(S(=O)(=O)NCCc2c[nH]c3ccc(OC)cc23)c(C)c1. The Hall–Kier alpha value is -2.51. The van der Waals surface area contributed by atoms with Crippen LogP contribution in [0.5, 0.6) is 11.5 Å². The molecular formula is C19H22N2O4S. The molecule has 1 aromatic heterocycles. The topological polar surface area (TPSA) is 80.4 Å². The van der Waals surface area contributed by atoms with Gasteiger partial charge in [-0.3, -0.25) is 0 Å². The largest absolute Gasteiger partial charge is 0.497 e. The Morgan fingerprint density at radius 2 is 1.73 bits per heavy atom. The lowest BCUT2D eigenvalue weighted by Crippen LogP contribution is -2.26. The lowest BCUT2D eigenvalue weighted by Gasteiger charge is -2.10. The monoisotopic (exact) mass is 374 g/mol. The van der Waals surface area contributed by atoms with Crippen molar-refractivity contribution >= 4 is 20.9 Å². The number of aromatic amines is 1. The number of fused-ring (bicyclic) bond motifs is 1. The van der Waals surface area contributed by atoms with Gasteiger partial charge in [0, 0.05) is 23.6 Å². The highest BCUT2D eigenvalue weighted by molar-refractivity contribution is 7.89. The smallest absolute Gasteiger partial charge is 0.240 e. The molecule has 3 rings (SSSR count). The van der Waals surface area contributed by atoms with E-state index in [9.17, 15) is 8.42 Å². The number of rotatable bonds is 7. The number of aryl methyl sites for hydroxylation is 1. The first-order chi connectivity index (χ1) is 12.4. The molecule has 0 fully saturated rings. The first kappa shape index (κ1) is 18.3. The van der Waals surface area contributed by atoms with Gasteiger partial charge < -0.3 is 14.5 Å². The molecule has 0 saturated carbocycles. The van der Waals surface area contributed by atoms with Gasteiger partial charge in [-0.15, -0.1) is 0 Å². The van der Waals surface area contributed by atoms with Gasteiger partial charge in [-0.2, -0.15) is 0 Å². The molecule has 6 nitrogen and oxygen atoms in total. The molecule has 0 unspecified atom stereocenters. The van der Waals surface area contributed by atoms with Gasteiger partial charge in [-0.25, -0.2) is 13.1 Å². The zero-order valence-electron chi connectivity index (χ0n) is 15.0. The van der Waals surface area contributed by atoms with E-state index in [1.54, 1.807) is 39.3 Å². The molecular weight excluding hydrogens is 352 g/mol. The van der Waals surface area contributed by atoms with Gasteiger partial charge >= 0.3 is 0 Å². The van der Waals surface area contributed by atoms with E-state index in [2.05, 4.69) is 9.71 Å². The standard InChI is InChI=1S/C19H22N2O4S/c1-13-10-15(24-2)5-7-19(13)26(22,23)21-9-8-14-12-20-18-6-4-16(25-3)11-17(14)18/h4-7,10-12,20-21H,8-9H2,1-3H3. The minimum absolute atomic E-state index is 0.263. The Morgan fingerprint density at radius 3 is 2.42 bits per heavy atom. The van der Waals surface area contributed by atoms with Crippen LogP contribution in [0.2, 0.25) is 0 Å². The van der Waals surface area contributed by atoms with Crippen LogP contribution in [0, 0.1) is 6.92 Å². The van der Waals surface area contributed by atoms with E-state index < -0.39 is 10.0 Å². The van der Waals surface area contributed by atoms with Gasteiger partial charge in [0.2, 0.25) is 10.0 Å². The van der Waals surface area contributed by atoms with Gasteiger partial charge in [0.25, 0.3) is 0 Å². The van der Waals surface area contributed by atoms with E-state index in [0.717, 1.165) is 22.2 Å². The third kappa shape index (κ3) is 3.68. The number of hydrogen-bond acceptors (Lipinski definition) is 4. The summed E-state index contributed by atoms with van der Waals surface area (Å²) < 4.78 is 38.2. The third-order valence-electron chi connectivity index (χ3n) is 4.33. The number of methoxy groups -OCH3 is 2. The van der Waals surface area contributed by atoms with Crippen molar-refractivity contribution in [2.45, 2.75) is 18.2 Å². The maximum absolute atomic E-state index is 12.6. The third-order valence-corrected chi connectivity index (χ3v) is 5.95. The molecule has 0 amide bonds. The Labute approximate surface area is 153 Å². The number of H-pyrrole nitrogens is 1. The molecule has 138 valence electrons. The highest BCUT2D eigenvalue weighted by atomic mass is 32.2. The van der Waals surface area contributed by atoms with E-state index in [-0.39, 0.29) is 4.90 Å². The van der Waals surface area contributed by atoms with Crippen molar-refractivity contribution in [3.63, 3.8) is 0 Å². The lowest BCUT2D eigenvalue weighted by atomic mass is 10.1. The molecule has 0 spiro atoms. The van der Waals surface area contributed by atoms with E-state index in [4.69, 9.17) is 9.47 Å². The predicted molar refractivity (Wildman–Crippen MR) is 101 cm³/mol. The van der Waals surface area contributed by atoms with Crippen LogP contribution < -0.4 is 14.2 Å². The van der Waals surface area contributed by atoms with Crippen molar-refractivity contribution in [2.24, 2.45) is 0 Å². The maximum Gasteiger partial charge on any atom is 0.240 e. The number of aromatic nitrogens is 1. The van der Waals surface area contributed by atoms with E-state index in [1.165, 1.54) is 0 Å². The number of ether oxygens (including phenoxy) is 2. The second kappa shape index (κ2) is 7.39. The summed E-state index contributed by atoms with van der Waals surface area (Å²) >= 11 is 0. The Bertz CT molecular complexity index is 1030. The van der Waals surface area contributed by atoms with E-state index in [0.29, 0.717) is 24.3 Å². The van der Waals surface area contributed by atoms with Gasteiger partial charge in [-0.1, -0.05) is 0 Å². The number of benzene rings is 2. The molecule has 0 aliphatic carbocycles. The summed E-state index contributed by atoms with van der Waals surface area (Å²) in [5.74, 6) is 1.40. The van der Waals surface area contributed by atoms with Gasteiger partial charge in [0.05, 0.1) is 19.1 Å². The van der Waals surface area contributed by atoms with Gasteiger partial charge in [0.15, 0.2) is 0 Å². The van der Waals surface area contributed by atoms with Crippen LogP contribution in [-0.4, -0.2) is 34.2 Å². The molecule has 0 saturated heterocycles. The minimum atomic E-state index is -3.58. The number of hydrogen-bond donors (Lipinski definition) is 2. The Balaban J connectivity index is 1.73. The van der Waals surface area contributed by atoms with Crippen molar-refractivity contribution < 1.29 is 17.9 Å². The highest BCUT2D eigenvalue weighted by Crippen LogP contribution is 2.24.